The van der Waals surface area contributed by atoms with Gasteiger partial charge in [-0.2, -0.15) is 13.2 Å². The molecule has 1 aromatic rings. The largest absolute Gasteiger partial charge is 0.497 e. The molecule has 0 fully saturated rings. The fraction of sp³-hybridized carbons (Fsp3) is 0.176. The summed E-state index contributed by atoms with van der Waals surface area (Å²) in [4.78, 5) is 7.78. The van der Waals surface area contributed by atoms with Crippen LogP contribution in [0.3, 0.4) is 0 Å². The first kappa shape index (κ1) is 19.2. The summed E-state index contributed by atoms with van der Waals surface area (Å²) < 4.78 is 41.8. The molecule has 0 atom stereocenters. The number of benzene rings is 1. The summed E-state index contributed by atoms with van der Waals surface area (Å²) in [5, 5.41) is 0. The predicted octanol–water partition coefficient (Wildman–Crippen LogP) is 4.01. The highest BCUT2D eigenvalue weighted by Gasteiger charge is 2.29. The van der Waals surface area contributed by atoms with Gasteiger partial charge in [0.2, 0.25) is 0 Å². The molecule has 0 heterocycles. The van der Waals surface area contributed by atoms with Gasteiger partial charge in [-0.1, -0.05) is 18.7 Å². The van der Waals surface area contributed by atoms with Crippen LogP contribution in [0.15, 0.2) is 70.5 Å². The van der Waals surface area contributed by atoms with Crippen LogP contribution in [-0.2, 0) is 0 Å². The molecule has 0 aliphatic heterocycles. The second-order valence-corrected chi connectivity index (χ2v) is 4.68. The Morgan fingerprint density at radius 2 is 2.04 bits per heavy atom. The van der Waals surface area contributed by atoms with Gasteiger partial charge in [-0.15, -0.1) is 0 Å². The Bertz CT molecular complexity index is 701. The quantitative estimate of drug-likeness (QED) is 0.484. The van der Waals surface area contributed by atoms with Gasteiger partial charge < -0.3 is 10.5 Å². The highest BCUT2D eigenvalue weighted by atomic mass is 19.4. The minimum absolute atomic E-state index is 0.236. The van der Waals surface area contributed by atoms with E-state index in [1.807, 2.05) is 0 Å². The highest BCUT2D eigenvalue weighted by molar-refractivity contribution is 5.98. The average Bonchev–Trinajstić information content (AvgIpc) is 2.53. The number of rotatable bonds is 6. The van der Waals surface area contributed by atoms with Gasteiger partial charge in [0.25, 0.3) is 0 Å². The molecule has 4 nitrogen and oxygen atoms in total. The summed E-state index contributed by atoms with van der Waals surface area (Å²) in [5.74, 6) is 0.878. The molecule has 128 valence electrons. The van der Waals surface area contributed by atoms with E-state index < -0.39 is 11.7 Å². The van der Waals surface area contributed by atoms with Gasteiger partial charge in [-0.25, -0.2) is 4.99 Å². The van der Waals surface area contributed by atoms with Gasteiger partial charge >= 0.3 is 6.18 Å². The molecule has 0 aliphatic rings. The maximum atomic E-state index is 12.2. The van der Waals surface area contributed by atoms with Crippen molar-refractivity contribution >= 4 is 12.1 Å². The number of nitrogens with zero attached hydrogens (tertiary/aromatic N) is 2. The van der Waals surface area contributed by atoms with E-state index in [9.17, 15) is 13.2 Å². The van der Waals surface area contributed by atoms with E-state index >= 15 is 0 Å². The molecule has 0 amide bonds. The predicted molar refractivity (Wildman–Crippen MR) is 90.3 cm³/mol. The van der Waals surface area contributed by atoms with E-state index in [-0.39, 0.29) is 5.84 Å². The van der Waals surface area contributed by atoms with E-state index in [4.69, 9.17) is 10.5 Å². The lowest BCUT2D eigenvalue weighted by Crippen LogP contribution is -2.13. The Morgan fingerprint density at radius 1 is 1.33 bits per heavy atom. The standard InChI is InChI=1S/C17H18F3N3O/c1-12(17(18,19)20)7-9-22-10-8-13(2)23-16(21)14-5-4-6-15(11-14)24-3/h4-11H,2H2,1,3H3,(H2,21,23)/b10-8+,12-7+,22-9-. The van der Waals surface area contributed by atoms with Crippen LogP contribution in [0.1, 0.15) is 12.5 Å². The Hall–Kier alpha value is -2.83. The van der Waals surface area contributed by atoms with Crippen molar-refractivity contribution in [3.63, 3.8) is 0 Å². The van der Waals surface area contributed by atoms with Gasteiger partial charge in [0.1, 0.15) is 11.6 Å². The minimum Gasteiger partial charge on any atom is -0.497 e. The number of halogens is 3. The smallest absolute Gasteiger partial charge is 0.412 e. The fourth-order valence-corrected chi connectivity index (χ4v) is 1.47. The first-order chi connectivity index (χ1) is 11.2. The molecule has 2 N–H and O–H groups in total. The molecular weight excluding hydrogens is 319 g/mol. The van der Waals surface area contributed by atoms with Crippen molar-refractivity contribution in [2.75, 3.05) is 7.11 Å². The molecule has 0 spiro atoms. The van der Waals surface area contributed by atoms with Crippen LogP contribution in [0.5, 0.6) is 5.75 Å². The van der Waals surface area contributed by atoms with Crippen LogP contribution >= 0.6 is 0 Å². The molecule has 0 bridgehead atoms. The van der Waals surface area contributed by atoms with Crippen LogP contribution in [0, 0.1) is 0 Å². The molecule has 24 heavy (non-hydrogen) atoms. The summed E-state index contributed by atoms with van der Waals surface area (Å²) in [5.41, 5.74) is 6.10. The van der Waals surface area contributed by atoms with E-state index in [0.29, 0.717) is 17.0 Å². The molecule has 0 aliphatic carbocycles. The Kier molecular flexibility index (Phi) is 6.98. The second-order valence-electron chi connectivity index (χ2n) is 4.68. The van der Waals surface area contributed by atoms with Gasteiger partial charge in [0.05, 0.1) is 12.8 Å². The van der Waals surface area contributed by atoms with Crippen LogP contribution in [0.25, 0.3) is 0 Å². The summed E-state index contributed by atoms with van der Waals surface area (Å²) >= 11 is 0. The average molecular weight is 337 g/mol. The van der Waals surface area contributed by atoms with Crippen molar-refractivity contribution in [2.24, 2.45) is 15.7 Å². The lowest BCUT2D eigenvalue weighted by atomic mass is 10.2. The van der Waals surface area contributed by atoms with Crippen molar-refractivity contribution < 1.29 is 17.9 Å². The minimum atomic E-state index is -4.35. The van der Waals surface area contributed by atoms with Crippen molar-refractivity contribution in [2.45, 2.75) is 13.1 Å². The third-order valence-corrected chi connectivity index (χ3v) is 2.84. The Labute approximate surface area is 138 Å². The normalized spacial score (nSPS) is 13.7. The number of alkyl halides is 3. The van der Waals surface area contributed by atoms with Gasteiger partial charge in [0.15, 0.2) is 0 Å². The molecule has 1 aromatic carbocycles. The number of hydrogen-bond acceptors (Lipinski definition) is 3. The fourth-order valence-electron chi connectivity index (χ4n) is 1.47. The monoisotopic (exact) mass is 337 g/mol. The number of aliphatic imine (C=N–C) groups is 2. The Balaban J connectivity index is 2.70. The molecule has 7 heteroatoms. The molecule has 1 rings (SSSR count). The molecular formula is C17H18F3N3O. The molecule has 0 saturated carbocycles. The SMILES string of the molecule is C=C(/C=C/N=C\C=C(/C)C(F)(F)F)N=C(N)c1cccc(OC)c1. The van der Waals surface area contributed by atoms with Crippen LogP contribution in [0.2, 0.25) is 0 Å². The first-order valence-electron chi connectivity index (χ1n) is 6.85. The lowest BCUT2D eigenvalue weighted by Gasteiger charge is -2.04. The third-order valence-electron chi connectivity index (χ3n) is 2.84. The first-order valence-corrected chi connectivity index (χ1v) is 6.85. The number of nitrogens with two attached hydrogens (primary N) is 1. The zero-order chi connectivity index (χ0) is 18.2. The number of hydrogen-bond donors (Lipinski definition) is 1. The van der Waals surface area contributed by atoms with E-state index in [1.54, 1.807) is 31.4 Å². The summed E-state index contributed by atoms with van der Waals surface area (Å²) in [7, 11) is 1.54. The molecule has 0 aromatic heterocycles. The van der Waals surface area contributed by atoms with Gasteiger partial charge in [-0.05, 0) is 31.2 Å². The summed E-state index contributed by atoms with van der Waals surface area (Å²) in [6.45, 7) is 4.65. The summed E-state index contributed by atoms with van der Waals surface area (Å²) in [6.07, 6.45) is 0.280. The molecule has 0 unspecified atom stereocenters. The third kappa shape index (κ3) is 6.51. The van der Waals surface area contributed by atoms with Crippen LogP contribution in [0.4, 0.5) is 13.2 Å². The van der Waals surface area contributed by atoms with Crippen molar-refractivity contribution in [3.05, 3.63) is 66.0 Å². The van der Waals surface area contributed by atoms with E-state index in [2.05, 4.69) is 16.6 Å². The lowest BCUT2D eigenvalue weighted by molar-refractivity contribution is -0.0911. The Morgan fingerprint density at radius 3 is 2.67 bits per heavy atom. The van der Waals surface area contributed by atoms with E-state index in [1.165, 1.54) is 12.3 Å². The highest BCUT2D eigenvalue weighted by Crippen LogP contribution is 2.24. The zero-order valence-electron chi connectivity index (χ0n) is 13.3. The van der Waals surface area contributed by atoms with Crippen LogP contribution in [-0.4, -0.2) is 25.3 Å². The van der Waals surface area contributed by atoms with E-state index in [0.717, 1.165) is 19.2 Å². The van der Waals surface area contributed by atoms with Gasteiger partial charge in [0, 0.05) is 23.6 Å². The number of methoxy groups -OCH3 is 1. The van der Waals surface area contributed by atoms with Gasteiger partial charge in [-0.3, -0.25) is 4.99 Å². The number of ether oxygens (including phenoxy) is 1. The molecule has 0 saturated heterocycles. The van der Waals surface area contributed by atoms with Crippen molar-refractivity contribution in [3.8, 4) is 5.75 Å². The van der Waals surface area contributed by atoms with Crippen molar-refractivity contribution in [1.82, 2.24) is 0 Å². The number of allylic oxidation sites excluding steroid dienone is 3. The maximum Gasteiger partial charge on any atom is 0.412 e. The molecule has 0 radical (unpaired) electrons. The number of amidine groups is 1. The van der Waals surface area contributed by atoms with Crippen LogP contribution < -0.4 is 10.5 Å². The second kappa shape index (κ2) is 8.71. The summed E-state index contributed by atoms with van der Waals surface area (Å²) in [6, 6.07) is 7.03. The maximum absolute atomic E-state index is 12.2. The topological polar surface area (TPSA) is 60.0 Å². The van der Waals surface area contributed by atoms with Crippen molar-refractivity contribution in [1.29, 1.82) is 0 Å². The zero-order valence-corrected chi connectivity index (χ0v) is 13.3.